The van der Waals surface area contributed by atoms with Crippen LogP contribution in [0.5, 0.6) is 0 Å². The third kappa shape index (κ3) is 1.62. The van der Waals surface area contributed by atoms with E-state index in [2.05, 4.69) is 15.0 Å². The van der Waals surface area contributed by atoms with Gasteiger partial charge in [0.25, 0.3) is 0 Å². The van der Waals surface area contributed by atoms with E-state index in [4.69, 9.17) is 0 Å². The number of imidazole rings is 1. The molecule has 0 fully saturated rings. The molecule has 0 saturated carbocycles. The Labute approximate surface area is 81.1 Å². The summed E-state index contributed by atoms with van der Waals surface area (Å²) in [4.78, 5) is 11.9. The van der Waals surface area contributed by atoms with Crippen LogP contribution in [0.4, 0.5) is 0 Å². The fraction of sp³-hybridized carbons (Fsp3) is 0.222. The van der Waals surface area contributed by atoms with E-state index in [1.807, 2.05) is 7.05 Å². The number of aryl methyl sites for hydroxylation is 1. The minimum absolute atomic E-state index is 0.506. The second-order valence-electron chi connectivity index (χ2n) is 3.00. The van der Waals surface area contributed by atoms with Gasteiger partial charge in [-0.05, 0) is 0 Å². The first kappa shape index (κ1) is 8.83. The molecular formula is C9H10N4O. The third-order valence-corrected chi connectivity index (χ3v) is 1.87. The number of aliphatic hydroxyl groups is 1. The molecular weight excluding hydrogens is 180 g/mol. The molecule has 0 amide bonds. The van der Waals surface area contributed by atoms with Crippen molar-refractivity contribution in [3.63, 3.8) is 0 Å². The van der Waals surface area contributed by atoms with E-state index in [0.717, 1.165) is 0 Å². The van der Waals surface area contributed by atoms with Crippen LogP contribution in [0.25, 0.3) is 0 Å². The molecule has 2 aromatic heterocycles. The molecule has 2 aromatic rings. The highest BCUT2D eigenvalue weighted by Gasteiger charge is 2.13. The molecule has 14 heavy (non-hydrogen) atoms. The van der Waals surface area contributed by atoms with Crippen molar-refractivity contribution in [3.8, 4) is 0 Å². The zero-order chi connectivity index (χ0) is 9.97. The van der Waals surface area contributed by atoms with Gasteiger partial charge < -0.3 is 9.67 Å². The van der Waals surface area contributed by atoms with Crippen LogP contribution in [0.2, 0.25) is 0 Å². The quantitative estimate of drug-likeness (QED) is 0.739. The Hall–Kier alpha value is -1.75. The first-order valence-electron chi connectivity index (χ1n) is 4.19. The van der Waals surface area contributed by atoms with Crippen LogP contribution >= 0.6 is 0 Å². The van der Waals surface area contributed by atoms with Crippen LogP contribution in [0.1, 0.15) is 17.5 Å². The standard InChI is InChI=1S/C9H10N4O/c1-13-5-8(12-6-13)9(14)7-4-10-2-3-11-7/h2-6,9,14H,1H3. The number of aliphatic hydroxyl groups excluding tert-OH is 1. The summed E-state index contributed by atoms with van der Waals surface area (Å²) in [7, 11) is 1.85. The lowest BCUT2D eigenvalue weighted by Gasteiger charge is -2.04. The number of hydrogen-bond acceptors (Lipinski definition) is 4. The Balaban J connectivity index is 2.29. The summed E-state index contributed by atoms with van der Waals surface area (Å²) < 4.78 is 1.77. The molecule has 0 aromatic carbocycles. The van der Waals surface area contributed by atoms with Gasteiger partial charge in [0.15, 0.2) is 0 Å². The normalized spacial score (nSPS) is 12.7. The van der Waals surface area contributed by atoms with Crippen molar-refractivity contribution in [1.82, 2.24) is 19.5 Å². The molecule has 2 rings (SSSR count). The van der Waals surface area contributed by atoms with Gasteiger partial charge in [-0.1, -0.05) is 0 Å². The molecule has 0 radical (unpaired) electrons. The van der Waals surface area contributed by atoms with Crippen molar-refractivity contribution in [1.29, 1.82) is 0 Å². The van der Waals surface area contributed by atoms with Crippen LogP contribution in [0.3, 0.4) is 0 Å². The Morgan fingerprint density at radius 3 is 2.71 bits per heavy atom. The van der Waals surface area contributed by atoms with Crippen molar-refractivity contribution in [3.05, 3.63) is 42.5 Å². The molecule has 5 nitrogen and oxygen atoms in total. The smallest absolute Gasteiger partial charge is 0.141 e. The lowest BCUT2D eigenvalue weighted by Crippen LogP contribution is -2.02. The van der Waals surface area contributed by atoms with E-state index >= 15 is 0 Å². The van der Waals surface area contributed by atoms with Crippen LogP contribution in [0.15, 0.2) is 31.1 Å². The van der Waals surface area contributed by atoms with E-state index in [0.29, 0.717) is 11.4 Å². The molecule has 2 heterocycles. The van der Waals surface area contributed by atoms with Gasteiger partial charge in [0.2, 0.25) is 0 Å². The predicted molar refractivity (Wildman–Crippen MR) is 49.3 cm³/mol. The van der Waals surface area contributed by atoms with Crippen molar-refractivity contribution < 1.29 is 5.11 Å². The molecule has 0 bridgehead atoms. The van der Waals surface area contributed by atoms with Gasteiger partial charge in [0.05, 0.1) is 23.9 Å². The summed E-state index contributed by atoms with van der Waals surface area (Å²) in [6.07, 6.45) is 7.22. The molecule has 5 heteroatoms. The number of hydrogen-bond donors (Lipinski definition) is 1. The summed E-state index contributed by atoms with van der Waals surface area (Å²) in [5.41, 5.74) is 1.08. The minimum Gasteiger partial charge on any atom is -0.380 e. The highest BCUT2D eigenvalue weighted by atomic mass is 16.3. The van der Waals surface area contributed by atoms with Gasteiger partial charge in [-0.25, -0.2) is 4.98 Å². The van der Waals surface area contributed by atoms with E-state index in [1.54, 1.807) is 29.5 Å². The van der Waals surface area contributed by atoms with Gasteiger partial charge >= 0.3 is 0 Å². The second-order valence-corrected chi connectivity index (χ2v) is 3.00. The third-order valence-electron chi connectivity index (χ3n) is 1.87. The first-order valence-corrected chi connectivity index (χ1v) is 4.19. The van der Waals surface area contributed by atoms with E-state index in [9.17, 15) is 5.11 Å². The zero-order valence-corrected chi connectivity index (χ0v) is 7.70. The molecule has 1 unspecified atom stereocenters. The summed E-state index contributed by atoms with van der Waals surface area (Å²) in [6, 6.07) is 0. The van der Waals surface area contributed by atoms with E-state index < -0.39 is 6.10 Å². The number of nitrogens with zero attached hydrogens (tertiary/aromatic N) is 4. The second kappa shape index (κ2) is 3.55. The van der Waals surface area contributed by atoms with Gasteiger partial charge in [0.1, 0.15) is 6.10 Å². The van der Waals surface area contributed by atoms with E-state index in [-0.39, 0.29) is 0 Å². The molecule has 1 atom stereocenters. The number of rotatable bonds is 2. The Bertz CT molecular complexity index is 412. The Kier molecular flexibility index (Phi) is 2.24. The molecule has 0 spiro atoms. The first-order chi connectivity index (χ1) is 6.77. The fourth-order valence-electron chi connectivity index (χ4n) is 1.18. The summed E-state index contributed by atoms with van der Waals surface area (Å²) in [5.74, 6) is 0. The van der Waals surface area contributed by atoms with Gasteiger partial charge in [-0.2, -0.15) is 0 Å². The molecule has 0 aliphatic heterocycles. The lowest BCUT2D eigenvalue weighted by molar-refractivity contribution is 0.210. The van der Waals surface area contributed by atoms with Crippen LogP contribution in [0, 0.1) is 0 Å². The molecule has 72 valence electrons. The molecule has 0 saturated heterocycles. The Morgan fingerprint density at radius 2 is 2.14 bits per heavy atom. The highest BCUT2D eigenvalue weighted by Crippen LogP contribution is 2.16. The van der Waals surface area contributed by atoms with E-state index in [1.165, 1.54) is 6.20 Å². The molecule has 0 aliphatic rings. The SMILES string of the molecule is Cn1cnc(C(O)c2cnccn2)c1. The topological polar surface area (TPSA) is 63.8 Å². The molecule has 0 aliphatic carbocycles. The summed E-state index contributed by atoms with van der Waals surface area (Å²) in [6.45, 7) is 0. The maximum Gasteiger partial charge on any atom is 0.141 e. The van der Waals surface area contributed by atoms with Gasteiger partial charge in [-0.15, -0.1) is 0 Å². The van der Waals surface area contributed by atoms with Crippen LogP contribution < -0.4 is 0 Å². The van der Waals surface area contributed by atoms with Crippen molar-refractivity contribution in [2.75, 3.05) is 0 Å². The van der Waals surface area contributed by atoms with Crippen LogP contribution in [-0.2, 0) is 7.05 Å². The minimum atomic E-state index is -0.801. The average molecular weight is 190 g/mol. The van der Waals surface area contributed by atoms with Crippen molar-refractivity contribution in [2.24, 2.45) is 7.05 Å². The Morgan fingerprint density at radius 1 is 1.29 bits per heavy atom. The van der Waals surface area contributed by atoms with Crippen molar-refractivity contribution >= 4 is 0 Å². The summed E-state index contributed by atoms with van der Waals surface area (Å²) >= 11 is 0. The maximum atomic E-state index is 9.83. The maximum absolute atomic E-state index is 9.83. The average Bonchev–Trinajstić information content (AvgIpc) is 2.65. The van der Waals surface area contributed by atoms with Gasteiger partial charge in [-0.3, -0.25) is 9.97 Å². The predicted octanol–water partition coefficient (Wildman–Crippen LogP) is 0.292. The molecule has 1 N–H and O–H groups in total. The zero-order valence-electron chi connectivity index (χ0n) is 7.70. The van der Waals surface area contributed by atoms with Crippen molar-refractivity contribution in [2.45, 2.75) is 6.10 Å². The monoisotopic (exact) mass is 190 g/mol. The number of aromatic nitrogens is 4. The lowest BCUT2D eigenvalue weighted by atomic mass is 10.2. The van der Waals surface area contributed by atoms with Crippen LogP contribution in [-0.4, -0.2) is 24.6 Å². The van der Waals surface area contributed by atoms with Gasteiger partial charge in [0, 0.05) is 25.6 Å². The summed E-state index contributed by atoms with van der Waals surface area (Å²) in [5, 5.41) is 9.83. The highest BCUT2D eigenvalue weighted by molar-refractivity contribution is 5.14. The fourth-order valence-corrected chi connectivity index (χ4v) is 1.18. The largest absolute Gasteiger partial charge is 0.380 e.